The highest BCUT2D eigenvalue weighted by Crippen LogP contribution is 2.33. The van der Waals surface area contributed by atoms with Crippen LogP contribution in [-0.2, 0) is 10.9 Å². The minimum absolute atomic E-state index is 0.0162. The van der Waals surface area contributed by atoms with Gasteiger partial charge in [0.05, 0.1) is 29.3 Å². The third-order valence-corrected chi connectivity index (χ3v) is 4.42. The van der Waals surface area contributed by atoms with E-state index in [4.69, 9.17) is 16.3 Å². The maximum Gasteiger partial charge on any atom is 0.417 e. The van der Waals surface area contributed by atoms with Crippen LogP contribution in [0.5, 0.6) is 0 Å². The Labute approximate surface area is 132 Å². The molecule has 4 heterocycles. The molecule has 2 fully saturated rings. The first-order valence-corrected chi connectivity index (χ1v) is 7.26. The van der Waals surface area contributed by atoms with Gasteiger partial charge in [0.1, 0.15) is 0 Å². The van der Waals surface area contributed by atoms with Gasteiger partial charge in [-0.15, -0.1) is 10.2 Å². The van der Waals surface area contributed by atoms with Crippen LogP contribution in [0.1, 0.15) is 22.6 Å². The molecule has 2 aliphatic heterocycles. The second kappa shape index (κ2) is 4.81. The molecule has 0 aromatic carbocycles. The van der Waals surface area contributed by atoms with Gasteiger partial charge in [-0.2, -0.15) is 13.2 Å². The number of fused-ring (bicyclic) bond motifs is 3. The van der Waals surface area contributed by atoms with Gasteiger partial charge in [-0.25, -0.2) is 0 Å². The number of carbonyl (C=O) groups excluding carboxylic acids is 1. The van der Waals surface area contributed by atoms with Crippen molar-refractivity contribution in [3.05, 3.63) is 28.7 Å². The number of nitrogens with zero attached hydrogens (tertiary/aromatic N) is 4. The number of hydrogen-bond donors (Lipinski definition) is 0. The number of rotatable bonds is 1. The summed E-state index contributed by atoms with van der Waals surface area (Å²) in [5, 5.41) is 7.26. The van der Waals surface area contributed by atoms with Crippen LogP contribution < -0.4 is 0 Å². The molecule has 0 unspecified atom stereocenters. The summed E-state index contributed by atoms with van der Waals surface area (Å²) in [5.41, 5.74) is -0.946. The Morgan fingerprint density at radius 3 is 2.78 bits per heavy atom. The zero-order chi connectivity index (χ0) is 16.4. The summed E-state index contributed by atoms with van der Waals surface area (Å²) in [6, 6.07) is 0.701. The van der Waals surface area contributed by atoms with Gasteiger partial charge in [0.15, 0.2) is 5.65 Å². The molecule has 4 rings (SSSR count). The number of hydrogen-bond acceptors (Lipinski definition) is 4. The monoisotopic (exact) mass is 346 g/mol. The van der Waals surface area contributed by atoms with Crippen molar-refractivity contribution in [3.63, 3.8) is 0 Å². The van der Waals surface area contributed by atoms with Crippen molar-refractivity contribution in [1.29, 1.82) is 0 Å². The topological polar surface area (TPSA) is 59.7 Å². The van der Waals surface area contributed by atoms with Crippen molar-refractivity contribution in [2.24, 2.45) is 0 Å². The lowest BCUT2D eigenvalue weighted by atomic mass is 10.2. The molecule has 2 aliphatic rings. The molecule has 0 aliphatic carbocycles. The van der Waals surface area contributed by atoms with Crippen molar-refractivity contribution >= 4 is 23.2 Å². The van der Waals surface area contributed by atoms with Gasteiger partial charge in [0.2, 0.25) is 5.82 Å². The number of pyridine rings is 1. The largest absolute Gasteiger partial charge is 0.417 e. The molecule has 2 aromatic heterocycles. The van der Waals surface area contributed by atoms with E-state index in [0.29, 0.717) is 13.2 Å². The zero-order valence-corrected chi connectivity index (χ0v) is 12.3. The maximum absolute atomic E-state index is 12.9. The van der Waals surface area contributed by atoms with E-state index in [1.54, 1.807) is 4.90 Å². The number of likely N-dealkylation sites (tertiary alicyclic amines) is 1. The number of alkyl halides is 3. The molecule has 0 saturated carbocycles. The smallest absolute Gasteiger partial charge is 0.374 e. The summed E-state index contributed by atoms with van der Waals surface area (Å²) in [6.45, 7) is 0.840. The summed E-state index contributed by atoms with van der Waals surface area (Å²) in [6.07, 6.45) is -3.07. The van der Waals surface area contributed by atoms with Gasteiger partial charge in [-0.1, -0.05) is 11.6 Å². The van der Waals surface area contributed by atoms with Gasteiger partial charge in [-0.3, -0.25) is 9.20 Å². The first kappa shape index (κ1) is 14.7. The Morgan fingerprint density at radius 2 is 2.17 bits per heavy atom. The van der Waals surface area contributed by atoms with E-state index in [-0.39, 0.29) is 28.6 Å². The van der Waals surface area contributed by atoms with E-state index in [1.165, 1.54) is 0 Å². The maximum atomic E-state index is 12.9. The van der Waals surface area contributed by atoms with E-state index < -0.39 is 17.6 Å². The molecule has 1 amide bonds. The Hall–Kier alpha value is -1.87. The van der Waals surface area contributed by atoms with Crippen molar-refractivity contribution in [3.8, 4) is 0 Å². The number of aromatic nitrogens is 3. The normalized spacial score (nSPS) is 23.9. The highest BCUT2D eigenvalue weighted by atomic mass is 35.5. The average molecular weight is 347 g/mol. The number of ether oxygens (including phenoxy) is 1. The standard InChI is InChI=1S/C13H10ClF3N4O2/c14-9-1-6(13(15,16)17)3-21-10(9)18-19-11(21)12(22)20-4-8-2-7(20)5-23-8/h1,3,7-8H,2,4-5H2/t7-,8-/m0/s1. The Kier molecular flexibility index (Phi) is 3.08. The average Bonchev–Trinajstić information content (AvgIpc) is 3.20. The molecular weight excluding hydrogens is 337 g/mol. The molecule has 2 aromatic rings. The SMILES string of the molecule is O=C(c1nnc2c(Cl)cc(C(F)(F)F)cn12)N1C[C@@H]2C[C@H]1CO2. The lowest BCUT2D eigenvalue weighted by molar-refractivity contribution is -0.137. The van der Waals surface area contributed by atoms with Crippen LogP contribution in [0, 0.1) is 0 Å². The zero-order valence-electron chi connectivity index (χ0n) is 11.5. The summed E-state index contributed by atoms with van der Waals surface area (Å²) in [5.74, 6) is -0.649. The molecule has 0 radical (unpaired) electrons. The summed E-state index contributed by atoms with van der Waals surface area (Å²) < 4.78 is 45.2. The Morgan fingerprint density at radius 1 is 1.39 bits per heavy atom. The predicted molar refractivity (Wildman–Crippen MR) is 72.2 cm³/mol. The molecule has 2 saturated heterocycles. The predicted octanol–water partition coefficient (Wildman–Crippen LogP) is 2.01. The van der Waals surface area contributed by atoms with E-state index in [1.807, 2.05) is 0 Å². The number of carbonyl (C=O) groups is 1. The number of morpholine rings is 1. The Bertz CT molecular complexity index is 806. The fourth-order valence-corrected chi connectivity index (χ4v) is 3.28. The van der Waals surface area contributed by atoms with E-state index in [2.05, 4.69) is 10.2 Å². The highest BCUT2D eigenvalue weighted by molar-refractivity contribution is 6.33. The minimum atomic E-state index is -4.58. The second-order valence-electron chi connectivity index (χ2n) is 5.59. The summed E-state index contributed by atoms with van der Waals surface area (Å²) >= 11 is 5.84. The van der Waals surface area contributed by atoms with Gasteiger partial charge in [-0.05, 0) is 12.5 Å². The first-order valence-electron chi connectivity index (χ1n) is 6.88. The molecule has 0 N–H and O–H groups in total. The van der Waals surface area contributed by atoms with Gasteiger partial charge in [0.25, 0.3) is 5.91 Å². The minimum Gasteiger partial charge on any atom is -0.374 e. The molecule has 122 valence electrons. The quantitative estimate of drug-likeness (QED) is 0.792. The summed E-state index contributed by atoms with van der Waals surface area (Å²) in [7, 11) is 0. The number of amides is 1. The van der Waals surface area contributed by atoms with Gasteiger partial charge in [0, 0.05) is 12.7 Å². The van der Waals surface area contributed by atoms with Crippen LogP contribution in [0.4, 0.5) is 13.2 Å². The van der Waals surface area contributed by atoms with Gasteiger partial charge >= 0.3 is 6.18 Å². The van der Waals surface area contributed by atoms with E-state index in [9.17, 15) is 18.0 Å². The third-order valence-electron chi connectivity index (χ3n) is 4.14. The highest BCUT2D eigenvalue weighted by Gasteiger charge is 2.43. The number of halogens is 4. The molecule has 10 heteroatoms. The van der Waals surface area contributed by atoms with Crippen molar-refractivity contribution in [2.45, 2.75) is 24.7 Å². The van der Waals surface area contributed by atoms with E-state index >= 15 is 0 Å². The van der Waals surface area contributed by atoms with Crippen LogP contribution in [0.3, 0.4) is 0 Å². The van der Waals surface area contributed by atoms with Crippen LogP contribution in [-0.4, -0.2) is 50.7 Å². The van der Waals surface area contributed by atoms with Crippen LogP contribution in [0.2, 0.25) is 5.02 Å². The second-order valence-corrected chi connectivity index (χ2v) is 6.00. The van der Waals surface area contributed by atoms with Crippen molar-refractivity contribution in [2.75, 3.05) is 13.2 Å². The molecular formula is C13H10ClF3N4O2. The van der Waals surface area contributed by atoms with Crippen molar-refractivity contribution < 1.29 is 22.7 Å². The first-order chi connectivity index (χ1) is 10.8. The molecule has 0 spiro atoms. The summed E-state index contributed by atoms with van der Waals surface area (Å²) in [4.78, 5) is 14.2. The molecule has 2 atom stereocenters. The molecule has 23 heavy (non-hydrogen) atoms. The molecule has 6 nitrogen and oxygen atoms in total. The lowest BCUT2D eigenvalue weighted by Crippen LogP contribution is -2.42. The molecule has 2 bridgehead atoms. The Balaban J connectivity index is 1.78. The fourth-order valence-electron chi connectivity index (χ4n) is 3.03. The van der Waals surface area contributed by atoms with Crippen LogP contribution in [0.15, 0.2) is 12.3 Å². The third kappa shape index (κ3) is 2.26. The fraction of sp³-hybridized carbons (Fsp3) is 0.462. The van der Waals surface area contributed by atoms with E-state index in [0.717, 1.165) is 23.1 Å². The van der Waals surface area contributed by atoms with Crippen molar-refractivity contribution in [1.82, 2.24) is 19.5 Å². The van der Waals surface area contributed by atoms with Crippen LogP contribution >= 0.6 is 11.6 Å². The lowest BCUT2D eigenvalue weighted by Gasteiger charge is -2.26. The van der Waals surface area contributed by atoms with Gasteiger partial charge < -0.3 is 9.64 Å². The van der Waals surface area contributed by atoms with Crippen LogP contribution in [0.25, 0.3) is 5.65 Å².